The topological polar surface area (TPSA) is 246 Å². The third-order valence-electron chi connectivity index (χ3n) is 13.5. The number of aromatic nitrogens is 8. The molecule has 0 fully saturated rings. The number of hydrogen-bond donors (Lipinski definition) is 4. The van der Waals surface area contributed by atoms with Gasteiger partial charge in [0.2, 0.25) is 17.0 Å². The van der Waals surface area contributed by atoms with Crippen molar-refractivity contribution in [1.29, 1.82) is 0 Å². The zero-order chi connectivity index (χ0) is 57.6. The van der Waals surface area contributed by atoms with Crippen LogP contribution in [-0.2, 0) is 25.9 Å². The van der Waals surface area contributed by atoms with Crippen LogP contribution in [0.2, 0.25) is 0 Å². The van der Waals surface area contributed by atoms with E-state index in [0.717, 1.165) is 88.4 Å². The van der Waals surface area contributed by atoms with Gasteiger partial charge in [-0.05, 0) is 109 Å². The maximum atomic E-state index is 12.8. The lowest BCUT2D eigenvalue weighted by Crippen LogP contribution is -2.18. The lowest BCUT2D eigenvalue weighted by molar-refractivity contribution is -0.109. The fourth-order valence-electron chi connectivity index (χ4n) is 9.92. The summed E-state index contributed by atoms with van der Waals surface area (Å²) in [7, 11) is 6.00. The van der Waals surface area contributed by atoms with Crippen LogP contribution in [0.4, 0.5) is 5.69 Å². The number of nitrogens with zero attached hydrogens (tertiary/aromatic N) is 10. The summed E-state index contributed by atoms with van der Waals surface area (Å²) in [6, 6.07) is 56.2. The number of hydrogen-bond acceptors (Lipinski definition) is 11. The molecule has 0 amide bonds. The Balaban J connectivity index is 0.000000140. The molecule has 0 atom stereocenters. The molecule has 0 radical (unpaired) electrons. The molecule has 7 heterocycles. The molecule has 0 unspecified atom stereocenters. The molecule has 19 nitrogen and oxygen atoms in total. The van der Waals surface area contributed by atoms with Crippen molar-refractivity contribution in [3.05, 3.63) is 236 Å². The van der Waals surface area contributed by atoms with Gasteiger partial charge in [-0.3, -0.25) is 32.9 Å². The monoisotopic (exact) mass is 1100 g/mol. The highest BCUT2D eigenvalue weighted by Gasteiger charge is 2.18. The highest BCUT2D eigenvalue weighted by molar-refractivity contribution is 6.62. The molecular formula is C61H51ClN12O7. The van der Waals surface area contributed by atoms with Crippen molar-refractivity contribution in [3.8, 4) is 28.5 Å². The van der Waals surface area contributed by atoms with E-state index in [1.54, 1.807) is 75.2 Å². The van der Waals surface area contributed by atoms with Gasteiger partial charge in [-0.25, -0.2) is 10.7 Å². The number of carbonyl (C=O) groups is 1. The van der Waals surface area contributed by atoms with Crippen molar-refractivity contribution in [2.24, 2.45) is 37.9 Å². The number of benzene rings is 6. The second-order valence-electron chi connectivity index (χ2n) is 18.3. The van der Waals surface area contributed by atoms with Crippen LogP contribution < -0.4 is 28.3 Å². The van der Waals surface area contributed by atoms with E-state index in [4.69, 9.17) is 27.2 Å². The molecule has 6 N–H and O–H groups in total. The molecule has 0 aliphatic rings. The van der Waals surface area contributed by atoms with Crippen LogP contribution in [0.25, 0.3) is 99.1 Å². The van der Waals surface area contributed by atoms with E-state index in [2.05, 4.69) is 57.4 Å². The highest BCUT2D eigenvalue weighted by Crippen LogP contribution is 2.32. The summed E-state index contributed by atoms with van der Waals surface area (Å²) in [5, 5.41) is 25.0. The van der Waals surface area contributed by atoms with Crippen LogP contribution in [0, 0.1) is 13.5 Å². The number of amidine groups is 1. The lowest BCUT2D eigenvalue weighted by Gasteiger charge is -2.09. The average Bonchev–Trinajstić information content (AvgIpc) is 4.39. The van der Waals surface area contributed by atoms with Gasteiger partial charge in [-0.15, -0.1) is 0 Å². The average molecular weight is 1100 g/mol. The van der Waals surface area contributed by atoms with Crippen LogP contribution in [0.1, 0.15) is 18.4 Å². The Morgan fingerprint density at radius 3 is 1.23 bits per heavy atom. The molecule has 20 heteroatoms. The largest absolute Gasteiger partial charge is 0.409 e. The molecule has 0 spiro atoms. The molecule has 7 aromatic heterocycles. The van der Waals surface area contributed by atoms with Crippen molar-refractivity contribution in [3.63, 3.8) is 0 Å². The Morgan fingerprint density at radius 1 is 0.556 bits per heavy atom. The van der Waals surface area contributed by atoms with Gasteiger partial charge < -0.3 is 34.4 Å². The molecular weight excluding hydrogens is 1050 g/mol. The quantitative estimate of drug-likeness (QED) is 0.0315. The first-order valence-corrected chi connectivity index (χ1v) is 25.2. The number of fused-ring (bicyclic) bond motifs is 9. The predicted molar refractivity (Wildman–Crippen MR) is 317 cm³/mol. The fourth-order valence-corrected chi connectivity index (χ4v) is 9.92. The van der Waals surface area contributed by atoms with Crippen LogP contribution in [0.3, 0.4) is 0 Å². The third-order valence-corrected chi connectivity index (χ3v) is 13.5. The fraction of sp³-hybridized carbons (Fsp3) is 0.0820. The van der Waals surface area contributed by atoms with Gasteiger partial charge in [0.15, 0.2) is 11.5 Å². The number of rotatable bonds is 5. The minimum atomic E-state index is -0.361. The van der Waals surface area contributed by atoms with E-state index < -0.39 is 0 Å². The number of aryl methyl sites for hydroxylation is 4. The Bertz CT molecular complexity index is 4750. The first kappa shape index (κ1) is 55.1. The Hall–Kier alpha value is -10.7. The Morgan fingerprint density at radius 2 is 0.901 bits per heavy atom. The van der Waals surface area contributed by atoms with Gasteiger partial charge in [-0.1, -0.05) is 77.0 Å². The van der Waals surface area contributed by atoms with E-state index in [-0.39, 0.29) is 27.8 Å². The number of oxime groups is 1. The summed E-state index contributed by atoms with van der Waals surface area (Å²) in [5.41, 5.74) is 18.5. The minimum Gasteiger partial charge on any atom is -0.409 e. The van der Waals surface area contributed by atoms with Gasteiger partial charge in [-0.2, -0.15) is 4.98 Å². The standard InChI is InChI=1S/C21H16N4O2.C19H16N4O2.C19H13N3O.C2H3ClO.H3NO/c1-13-22-21(23-27-13)14-7-9-15(10-8-14)25-19(26)12-11-18-20(25)16-5-3-4-6-17(16)24(18)2;1-22-15-5-3-2-4-14(15)18-16(22)10-11-17(24)23(18)13-8-6-12(7-9-13)19(20)21-25;1-20-13-7-9-14(10-8-13)22-18(23)12-11-17-19(22)15-5-3-4-6-16(15)21(17)2;1-2(3)4;1-2/h3-12H,1-2H3;2-11,25H,1H3,(H2,20,21);3-12H,2H3;1H3;2H,1H2. The van der Waals surface area contributed by atoms with Crippen molar-refractivity contribution in [2.45, 2.75) is 13.8 Å². The van der Waals surface area contributed by atoms with E-state index in [1.807, 2.05) is 142 Å². The zero-order valence-electron chi connectivity index (χ0n) is 44.3. The molecule has 13 rings (SSSR count). The Labute approximate surface area is 465 Å². The van der Waals surface area contributed by atoms with Crippen LogP contribution >= 0.6 is 11.6 Å². The van der Waals surface area contributed by atoms with Crippen LogP contribution in [0.15, 0.2) is 206 Å². The van der Waals surface area contributed by atoms with Crippen molar-refractivity contribution < 1.29 is 19.7 Å². The van der Waals surface area contributed by atoms with E-state index >= 15 is 0 Å². The molecule has 404 valence electrons. The van der Waals surface area contributed by atoms with Crippen LogP contribution in [0.5, 0.6) is 0 Å². The summed E-state index contributed by atoms with van der Waals surface area (Å²) in [5.74, 6) is 4.59. The number of para-hydroxylation sites is 3. The van der Waals surface area contributed by atoms with Crippen molar-refractivity contribution >= 4 is 94.2 Å². The van der Waals surface area contributed by atoms with Crippen LogP contribution in [-0.4, -0.2) is 59.0 Å². The molecule has 0 saturated carbocycles. The van der Waals surface area contributed by atoms with Gasteiger partial charge in [0.05, 0.1) is 56.2 Å². The predicted octanol–water partition coefficient (Wildman–Crippen LogP) is 10.6. The SMILES string of the molecule is CC(=O)Cl.Cc1nc(-c2ccc(-n3c(=O)ccc4c3c3ccccc3n4C)cc2)no1.Cn1c2ccccc2c2c1ccc(=O)n2-c1ccc(/C(N)=N/O)cc1.NO.[C-]#[N+]c1ccc(-n2c(=O)ccc3c2c2ccccc2n3C)cc1. The zero-order valence-corrected chi connectivity index (χ0v) is 45.0. The van der Waals surface area contributed by atoms with Gasteiger partial charge in [0.1, 0.15) is 0 Å². The molecule has 0 aliphatic carbocycles. The number of carbonyl (C=O) groups excluding carboxylic acids is 1. The number of pyridine rings is 3. The minimum absolute atomic E-state index is 0.0299. The van der Waals surface area contributed by atoms with Gasteiger partial charge >= 0.3 is 0 Å². The third kappa shape index (κ3) is 10.6. The smallest absolute Gasteiger partial charge is 0.255 e. The first-order chi connectivity index (χ1) is 39.2. The highest BCUT2D eigenvalue weighted by atomic mass is 35.5. The lowest BCUT2D eigenvalue weighted by atomic mass is 10.1. The second-order valence-corrected chi connectivity index (χ2v) is 18.8. The maximum absolute atomic E-state index is 12.8. The molecule has 0 aliphatic heterocycles. The second kappa shape index (κ2) is 23.5. The normalized spacial score (nSPS) is 11.1. The van der Waals surface area contributed by atoms with E-state index in [9.17, 15) is 19.2 Å². The van der Waals surface area contributed by atoms with E-state index in [0.29, 0.717) is 23.0 Å². The maximum Gasteiger partial charge on any atom is 0.255 e. The molecule has 6 aromatic carbocycles. The van der Waals surface area contributed by atoms with Crippen molar-refractivity contribution in [1.82, 2.24) is 37.5 Å². The molecule has 13 aromatic rings. The molecule has 81 heavy (non-hydrogen) atoms. The van der Waals surface area contributed by atoms with Gasteiger partial charge in [0.25, 0.3) is 16.7 Å². The number of halogens is 1. The van der Waals surface area contributed by atoms with E-state index in [1.165, 1.54) is 6.92 Å². The summed E-state index contributed by atoms with van der Waals surface area (Å²) >= 11 is 4.64. The summed E-state index contributed by atoms with van der Waals surface area (Å²) in [4.78, 5) is 54.8. The van der Waals surface area contributed by atoms with Gasteiger partial charge in [0, 0.05) is 97.5 Å². The summed E-state index contributed by atoms with van der Waals surface area (Å²) < 4.78 is 16.5. The summed E-state index contributed by atoms with van der Waals surface area (Å²) in [6.07, 6.45) is 0. The Kier molecular flexibility index (Phi) is 16.0. The summed E-state index contributed by atoms with van der Waals surface area (Å²) in [6.45, 7) is 10.1. The molecule has 0 bridgehead atoms. The van der Waals surface area contributed by atoms with Crippen molar-refractivity contribution in [2.75, 3.05) is 0 Å². The first-order valence-electron chi connectivity index (χ1n) is 24.9. The molecule has 0 saturated heterocycles. The number of nitrogens with two attached hydrogens (primary N) is 2.